The van der Waals surface area contributed by atoms with E-state index in [0.29, 0.717) is 18.3 Å². The fourth-order valence-electron chi connectivity index (χ4n) is 2.46. The number of pyridine rings is 1. The molecule has 1 aromatic heterocycles. The Morgan fingerprint density at radius 1 is 1.57 bits per heavy atom. The first-order chi connectivity index (χ1) is 10.0. The molecule has 6 heteroatoms. The lowest BCUT2D eigenvalue weighted by Gasteiger charge is -2.34. The number of ether oxygens (including phenoxy) is 1. The van der Waals surface area contributed by atoms with Crippen LogP contribution in [0.25, 0.3) is 0 Å². The Morgan fingerprint density at radius 3 is 3.10 bits per heavy atom. The van der Waals surface area contributed by atoms with E-state index in [1.54, 1.807) is 12.1 Å². The van der Waals surface area contributed by atoms with Gasteiger partial charge in [0.15, 0.2) is 5.69 Å². The molecule has 2 N–H and O–H groups in total. The third kappa shape index (κ3) is 4.99. The van der Waals surface area contributed by atoms with Crippen molar-refractivity contribution in [2.45, 2.75) is 20.0 Å². The first-order valence-corrected chi connectivity index (χ1v) is 7.33. The van der Waals surface area contributed by atoms with Crippen molar-refractivity contribution in [3.8, 4) is 0 Å². The van der Waals surface area contributed by atoms with Gasteiger partial charge in [-0.2, -0.15) is 0 Å². The molecule has 1 aliphatic heterocycles. The number of aromatic carboxylic acids is 1. The van der Waals surface area contributed by atoms with Gasteiger partial charge in [0, 0.05) is 26.2 Å². The van der Waals surface area contributed by atoms with Crippen LogP contribution < -0.4 is 5.32 Å². The lowest BCUT2D eigenvalue weighted by atomic mass is 10.2. The van der Waals surface area contributed by atoms with Crippen LogP contribution in [0.5, 0.6) is 0 Å². The molecule has 6 nitrogen and oxygen atoms in total. The molecular formula is C15H23N3O3. The molecule has 1 saturated heterocycles. The van der Waals surface area contributed by atoms with E-state index in [1.807, 2.05) is 0 Å². The lowest BCUT2D eigenvalue weighted by molar-refractivity contribution is -0.0244. The van der Waals surface area contributed by atoms with Crippen molar-refractivity contribution in [3.63, 3.8) is 0 Å². The third-order valence-corrected chi connectivity index (χ3v) is 3.33. The van der Waals surface area contributed by atoms with E-state index < -0.39 is 5.97 Å². The highest BCUT2D eigenvalue weighted by atomic mass is 16.5. The van der Waals surface area contributed by atoms with Gasteiger partial charge in [0.25, 0.3) is 0 Å². The number of carboxylic acids is 1. The Kier molecular flexibility index (Phi) is 5.52. The number of hydrogen-bond acceptors (Lipinski definition) is 5. The summed E-state index contributed by atoms with van der Waals surface area (Å²) in [4.78, 5) is 17.3. The molecule has 0 radical (unpaired) electrons. The molecular weight excluding hydrogens is 270 g/mol. The van der Waals surface area contributed by atoms with Crippen molar-refractivity contribution in [3.05, 3.63) is 23.9 Å². The smallest absolute Gasteiger partial charge is 0.354 e. The van der Waals surface area contributed by atoms with Gasteiger partial charge in [-0.25, -0.2) is 9.78 Å². The molecule has 116 valence electrons. The van der Waals surface area contributed by atoms with Crippen molar-refractivity contribution >= 4 is 11.8 Å². The van der Waals surface area contributed by atoms with Gasteiger partial charge in [-0.15, -0.1) is 0 Å². The van der Waals surface area contributed by atoms with Gasteiger partial charge in [0.1, 0.15) is 5.82 Å². The summed E-state index contributed by atoms with van der Waals surface area (Å²) in [6.45, 7) is 8.73. The summed E-state index contributed by atoms with van der Waals surface area (Å²) in [5, 5.41) is 12.1. The number of nitrogens with zero attached hydrogens (tertiary/aromatic N) is 2. The third-order valence-electron chi connectivity index (χ3n) is 3.33. The summed E-state index contributed by atoms with van der Waals surface area (Å²) in [6, 6.07) is 4.93. The SMILES string of the molecule is CC(C)CN1CCOC(CNc2cccc(C(=O)O)n2)C1. The maximum atomic E-state index is 10.9. The number of hydrogen-bond donors (Lipinski definition) is 2. The number of rotatable bonds is 6. The van der Waals surface area contributed by atoms with E-state index in [9.17, 15) is 4.79 Å². The van der Waals surface area contributed by atoms with Crippen LogP contribution in [0, 0.1) is 5.92 Å². The monoisotopic (exact) mass is 293 g/mol. The maximum Gasteiger partial charge on any atom is 0.354 e. The average molecular weight is 293 g/mol. The summed E-state index contributed by atoms with van der Waals surface area (Å²) in [7, 11) is 0. The molecule has 2 rings (SSSR count). The molecule has 1 atom stereocenters. The lowest BCUT2D eigenvalue weighted by Crippen LogP contribution is -2.46. The molecule has 0 bridgehead atoms. The van der Waals surface area contributed by atoms with Crippen LogP contribution in [0.1, 0.15) is 24.3 Å². The minimum Gasteiger partial charge on any atom is -0.477 e. The Labute approximate surface area is 125 Å². The van der Waals surface area contributed by atoms with Gasteiger partial charge in [-0.05, 0) is 18.1 Å². The van der Waals surface area contributed by atoms with Crippen LogP contribution in [0.2, 0.25) is 0 Å². The number of carbonyl (C=O) groups is 1. The number of morpholine rings is 1. The van der Waals surface area contributed by atoms with E-state index in [1.165, 1.54) is 6.07 Å². The Bertz CT molecular complexity index is 479. The molecule has 0 spiro atoms. The molecule has 1 fully saturated rings. The summed E-state index contributed by atoms with van der Waals surface area (Å²) < 4.78 is 5.74. The van der Waals surface area contributed by atoms with E-state index in [2.05, 4.69) is 29.0 Å². The topological polar surface area (TPSA) is 74.7 Å². The van der Waals surface area contributed by atoms with Gasteiger partial charge < -0.3 is 15.2 Å². The predicted octanol–water partition coefficient (Wildman–Crippen LogP) is 1.55. The Balaban J connectivity index is 1.85. The largest absolute Gasteiger partial charge is 0.477 e. The second-order valence-corrected chi connectivity index (χ2v) is 5.74. The number of carboxylic acid groups (broad SMARTS) is 1. The highest BCUT2D eigenvalue weighted by Crippen LogP contribution is 2.10. The zero-order chi connectivity index (χ0) is 15.2. The van der Waals surface area contributed by atoms with Crippen molar-refractivity contribution < 1.29 is 14.6 Å². The summed E-state index contributed by atoms with van der Waals surface area (Å²) in [5.41, 5.74) is 0.0472. The summed E-state index contributed by atoms with van der Waals surface area (Å²) in [6.07, 6.45) is 0.104. The van der Waals surface area contributed by atoms with Gasteiger partial charge >= 0.3 is 5.97 Å². The zero-order valence-electron chi connectivity index (χ0n) is 12.6. The fraction of sp³-hybridized carbons (Fsp3) is 0.600. The molecule has 0 aromatic carbocycles. The van der Waals surface area contributed by atoms with Gasteiger partial charge in [0.05, 0.1) is 12.7 Å². The second-order valence-electron chi connectivity index (χ2n) is 5.74. The van der Waals surface area contributed by atoms with E-state index in [0.717, 1.165) is 26.2 Å². The van der Waals surface area contributed by atoms with Gasteiger partial charge in [0.2, 0.25) is 0 Å². The van der Waals surface area contributed by atoms with Crippen molar-refractivity contribution in [1.29, 1.82) is 0 Å². The van der Waals surface area contributed by atoms with Crippen LogP contribution in [0.15, 0.2) is 18.2 Å². The highest BCUT2D eigenvalue weighted by molar-refractivity contribution is 5.85. The average Bonchev–Trinajstić information content (AvgIpc) is 2.45. The standard InChI is InChI=1S/C15H23N3O3/c1-11(2)9-18-6-7-21-12(10-18)8-16-14-5-3-4-13(17-14)15(19)20/h3-5,11-12H,6-10H2,1-2H3,(H,16,17)(H,19,20). The fourth-order valence-corrected chi connectivity index (χ4v) is 2.46. The quantitative estimate of drug-likeness (QED) is 0.829. The van der Waals surface area contributed by atoms with Crippen molar-refractivity contribution in [2.24, 2.45) is 5.92 Å². The van der Waals surface area contributed by atoms with Crippen LogP contribution in [0.3, 0.4) is 0 Å². The van der Waals surface area contributed by atoms with Crippen LogP contribution in [-0.2, 0) is 4.74 Å². The normalized spacial score (nSPS) is 19.7. The number of nitrogens with one attached hydrogen (secondary N) is 1. The number of anilines is 1. The first-order valence-electron chi connectivity index (χ1n) is 7.33. The van der Waals surface area contributed by atoms with Crippen LogP contribution in [0.4, 0.5) is 5.82 Å². The minimum atomic E-state index is -1.02. The zero-order valence-corrected chi connectivity index (χ0v) is 12.6. The number of aromatic nitrogens is 1. The molecule has 0 saturated carbocycles. The van der Waals surface area contributed by atoms with Crippen LogP contribution >= 0.6 is 0 Å². The van der Waals surface area contributed by atoms with Gasteiger partial charge in [-0.3, -0.25) is 4.90 Å². The molecule has 1 unspecified atom stereocenters. The summed E-state index contributed by atoms with van der Waals surface area (Å²) >= 11 is 0. The molecule has 1 aromatic rings. The minimum absolute atomic E-state index is 0.0472. The van der Waals surface area contributed by atoms with Crippen molar-refractivity contribution in [1.82, 2.24) is 9.88 Å². The van der Waals surface area contributed by atoms with E-state index >= 15 is 0 Å². The predicted molar refractivity (Wildman–Crippen MR) is 80.7 cm³/mol. The van der Waals surface area contributed by atoms with E-state index in [4.69, 9.17) is 9.84 Å². The van der Waals surface area contributed by atoms with Crippen molar-refractivity contribution in [2.75, 3.05) is 38.1 Å². The molecule has 2 heterocycles. The Hall–Kier alpha value is -1.66. The van der Waals surface area contributed by atoms with E-state index in [-0.39, 0.29) is 11.8 Å². The molecule has 1 aliphatic rings. The van der Waals surface area contributed by atoms with Gasteiger partial charge in [-0.1, -0.05) is 19.9 Å². The maximum absolute atomic E-state index is 10.9. The molecule has 0 aliphatic carbocycles. The van der Waals surface area contributed by atoms with Crippen LogP contribution in [-0.4, -0.2) is 59.8 Å². The Morgan fingerprint density at radius 2 is 2.38 bits per heavy atom. The first kappa shape index (κ1) is 15.7. The highest BCUT2D eigenvalue weighted by Gasteiger charge is 2.20. The summed E-state index contributed by atoms with van der Waals surface area (Å²) in [5.74, 6) is 0.195. The molecule has 0 amide bonds. The second kappa shape index (κ2) is 7.38. The molecule has 21 heavy (non-hydrogen) atoms.